The lowest BCUT2D eigenvalue weighted by Crippen LogP contribution is -2.41. The standard InChI is InChI=1S/C14H16N2/c1-2-14-11-8-12(15-14)10-16(9-11)13-6-4-3-5-7-13/h1,3-7,11-12,14-15H,8-10H2. The average Bonchev–Trinajstić information content (AvgIpc) is 2.64. The molecule has 3 rings (SSSR count). The molecule has 2 aliphatic rings. The van der Waals surface area contributed by atoms with Crippen LogP contribution >= 0.6 is 0 Å². The molecular formula is C14H16N2. The molecule has 1 N–H and O–H groups in total. The fourth-order valence-electron chi connectivity index (χ4n) is 2.92. The summed E-state index contributed by atoms with van der Waals surface area (Å²) in [4.78, 5) is 2.45. The summed E-state index contributed by atoms with van der Waals surface area (Å²) < 4.78 is 0. The topological polar surface area (TPSA) is 15.3 Å². The van der Waals surface area contributed by atoms with Crippen LogP contribution in [0.4, 0.5) is 5.69 Å². The van der Waals surface area contributed by atoms with Crippen LogP contribution in [0.2, 0.25) is 0 Å². The van der Waals surface area contributed by atoms with E-state index in [0.717, 1.165) is 13.1 Å². The van der Waals surface area contributed by atoms with E-state index in [9.17, 15) is 0 Å². The molecule has 1 aromatic rings. The number of hydrogen-bond donors (Lipinski definition) is 1. The van der Waals surface area contributed by atoms with Crippen molar-refractivity contribution in [3.8, 4) is 12.3 Å². The average molecular weight is 212 g/mol. The molecule has 2 heterocycles. The quantitative estimate of drug-likeness (QED) is 0.709. The Morgan fingerprint density at radius 3 is 2.81 bits per heavy atom. The fourth-order valence-corrected chi connectivity index (χ4v) is 2.92. The molecule has 0 saturated carbocycles. The molecule has 82 valence electrons. The van der Waals surface area contributed by atoms with Crippen molar-refractivity contribution in [3.63, 3.8) is 0 Å². The summed E-state index contributed by atoms with van der Waals surface area (Å²) in [5.41, 5.74) is 1.32. The minimum absolute atomic E-state index is 0.277. The van der Waals surface area contributed by atoms with Crippen LogP contribution < -0.4 is 10.2 Å². The summed E-state index contributed by atoms with van der Waals surface area (Å²) in [7, 11) is 0. The number of anilines is 1. The van der Waals surface area contributed by atoms with Crippen molar-refractivity contribution in [3.05, 3.63) is 30.3 Å². The summed E-state index contributed by atoms with van der Waals surface area (Å²) in [5.74, 6) is 3.48. The van der Waals surface area contributed by atoms with Gasteiger partial charge in [0.2, 0.25) is 0 Å². The highest BCUT2D eigenvalue weighted by molar-refractivity contribution is 5.47. The molecule has 2 bridgehead atoms. The summed E-state index contributed by atoms with van der Waals surface area (Å²) in [6, 6.07) is 11.4. The summed E-state index contributed by atoms with van der Waals surface area (Å²) in [6.45, 7) is 2.17. The lowest BCUT2D eigenvalue weighted by atomic mass is 9.95. The number of rotatable bonds is 1. The van der Waals surface area contributed by atoms with Crippen LogP contribution in [0.5, 0.6) is 0 Å². The minimum Gasteiger partial charge on any atom is -0.370 e. The molecule has 2 aliphatic heterocycles. The van der Waals surface area contributed by atoms with Gasteiger partial charge >= 0.3 is 0 Å². The Morgan fingerprint density at radius 2 is 2.06 bits per heavy atom. The zero-order chi connectivity index (χ0) is 11.0. The maximum atomic E-state index is 5.54. The first-order valence-corrected chi connectivity index (χ1v) is 5.89. The Hall–Kier alpha value is -1.46. The molecule has 1 aromatic carbocycles. The minimum atomic E-state index is 0.277. The van der Waals surface area contributed by atoms with Crippen LogP contribution in [-0.4, -0.2) is 25.2 Å². The van der Waals surface area contributed by atoms with Gasteiger partial charge in [0.1, 0.15) is 0 Å². The Bertz CT molecular complexity index is 406. The van der Waals surface area contributed by atoms with Crippen LogP contribution in [0.15, 0.2) is 30.3 Å². The largest absolute Gasteiger partial charge is 0.370 e. The van der Waals surface area contributed by atoms with Crippen molar-refractivity contribution in [1.29, 1.82) is 0 Å². The van der Waals surface area contributed by atoms with Crippen LogP contribution in [0.3, 0.4) is 0 Å². The predicted octanol–water partition coefficient (Wildman–Crippen LogP) is 1.49. The highest BCUT2D eigenvalue weighted by atomic mass is 15.2. The van der Waals surface area contributed by atoms with Gasteiger partial charge in [-0.05, 0) is 18.6 Å². The third-order valence-corrected chi connectivity index (χ3v) is 3.67. The van der Waals surface area contributed by atoms with Crippen molar-refractivity contribution in [1.82, 2.24) is 5.32 Å². The van der Waals surface area contributed by atoms with Gasteiger partial charge in [0.05, 0.1) is 6.04 Å². The van der Waals surface area contributed by atoms with E-state index in [1.807, 2.05) is 0 Å². The van der Waals surface area contributed by atoms with Crippen LogP contribution in [0.1, 0.15) is 6.42 Å². The molecule has 3 unspecified atom stereocenters. The fraction of sp³-hybridized carbons (Fsp3) is 0.429. The normalized spacial score (nSPS) is 32.4. The second kappa shape index (κ2) is 3.84. The van der Waals surface area contributed by atoms with Gasteiger partial charge < -0.3 is 4.90 Å². The van der Waals surface area contributed by atoms with Gasteiger partial charge in [0.15, 0.2) is 0 Å². The summed E-state index contributed by atoms with van der Waals surface area (Å²) in [5, 5.41) is 3.52. The molecule has 0 amide bonds. The number of para-hydroxylation sites is 1. The lowest BCUT2D eigenvalue weighted by Gasteiger charge is -2.33. The van der Waals surface area contributed by atoms with E-state index in [4.69, 9.17) is 6.42 Å². The first-order chi connectivity index (χ1) is 7.86. The molecular weight excluding hydrogens is 196 g/mol. The zero-order valence-corrected chi connectivity index (χ0v) is 9.26. The van der Waals surface area contributed by atoms with Crippen molar-refractivity contribution < 1.29 is 0 Å². The smallest absolute Gasteiger partial charge is 0.0735 e. The Balaban J connectivity index is 1.80. The molecule has 0 aromatic heterocycles. The van der Waals surface area contributed by atoms with Crippen LogP contribution in [-0.2, 0) is 0 Å². The highest BCUT2D eigenvalue weighted by Gasteiger charge is 2.38. The highest BCUT2D eigenvalue weighted by Crippen LogP contribution is 2.30. The second-order valence-electron chi connectivity index (χ2n) is 4.74. The van der Waals surface area contributed by atoms with Gasteiger partial charge in [-0.15, -0.1) is 6.42 Å². The second-order valence-corrected chi connectivity index (χ2v) is 4.74. The van der Waals surface area contributed by atoms with Crippen molar-refractivity contribution in [2.24, 2.45) is 5.92 Å². The first kappa shape index (κ1) is 9.74. The van der Waals surface area contributed by atoms with Gasteiger partial charge in [-0.25, -0.2) is 0 Å². The number of terminal acetylenes is 1. The predicted molar refractivity (Wildman–Crippen MR) is 66.3 cm³/mol. The maximum absolute atomic E-state index is 5.54. The third kappa shape index (κ3) is 1.58. The van der Waals surface area contributed by atoms with E-state index in [1.54, 1.807) is 0 Å². The number of fused-ring (bicyclic) bond motifs is 2. The van der Waals surface area contributed by atoms with Crippen LogP contribution in [0.25, 0.3) is 0 Å². The number of nitrogens with zero attached hydrogens (tertiary/aromatic N) is 1. The van der Waals surface area contributed by atoms with Crippen molar-refractivity contribution >= 4 is 5.69 Å². The molecule has 3 atom stereocenters. The van der Waals surface area contributed by atoms with Gasteiger partial charge in [0, 0.05) is 30.7 Å². The zero-order valence-electron chi connectivity index (χ0n) is 9.26. The molecule has 2 heteroatoms. The third-order valence-electron chi connectivity index (χ3n) is 3.67. The van der Waals surface area contributed by atoms with E-state index < -0.39 is 0 Å². The van der Waals surface area contributed by atoms with E-state index >= 15 is 0 Å². The lowest BCUT2D eigenvalue weighted by molar-refractivity contribution is 0.464. The molecule has 0 radical (unpaired) electrons. The Kier molecular flexibility index (Phi) is 2.34. The Labute approximate surface area is 96.6 Å². The van der Waals surface area contributed by atoms with Crippen molar-refractivity contribution in [2.75, 3.05) is 18.0 Å². The van der Waals surface area contributed by atoms with E-state index in [1.165, 1.54) is 12.1 Å². The van der Waals surface area contributed by atoms with Gasteiger partial charge in [-0.3, -0.25) is 5.32 Å². The van der Waals surface area contributed by atoms with Gasteiger partial charge in [-0.1, -0.05) is 24.1 Å². The number of hydrogen-bond acceptors (Lipinski definition) is 2. The SMILES string of the molecule is C#CC1NC2CC1CN(c1ccccc1)C2. The van der Waals surface area contributed by atoms with E-state index in [2.05, 4.69) is 46.5 Å². The van der Waals surface area contributed by atoms with E-state index in [-0.39, 0.29) is 6.04 Å². The monoisotopic (exact) mass is 212 g/mol. The summed E-state index contributed by atoms with van der Waals surface area (Å²) >= 11 is 0. The Morgan fingerprint density at radius 1 is 1.25 bits per heavy atom. The number of benzene rings is 1. The number of nitrogens with one attached hydrogen (secondary N) is 1. The summed E-state index contributed by atoms with van der Waals surface area (Å²) in [6.07, 6.45) is 6.78. The van der Waals surface area contributed by atoms with Crippen LogP contribution in [0, 0.1) is 18.3 Å². The maximum Gasteiger partial charge on any atom is 0.0735 e. The number of piperidine rings is 1. The molecule has 16 heavy (non-hydrogen) atoms. The van der Waals surface area contributed by atoms with Gasteiger partial charge in [-0.2, -0.15) is 0 Å². The first-order valence-electron chi connectivity index (χ1n) is 5.89. The molecule has 2 nitrogen and oxygen atoms in total. The van der Waals surface area contributed by atoms with Crippen molar-refractivity contribution in [2.45, 2.75) is 18.5 Å². The molecule has 0 aliphatic carbocycles. The molecule has 2 saturated heterocycles. The molecule has 2 fully saturated rings. The van der Waals surface area contributed by atoms with E-state index in [0.29, 0.717) is 12.0 Å². The molecule has 0 spiro atoms. The van der Waals surface area contributed by atoms with Gasteiger partial charge in [0.25, 0.3) is 0 Å².